The molecule has 124 valence electrons. The Morgan fingerprint density at radius 2 is 2.09 bits per heavy atom. The third kappa shape index (κ3) is 4.55. The van der Waals surface area contributed by atoms with E-state index in [1.54, 1.807) is 16.2 Å². The SMILES string of the molecule is Cc1cccc(OCc2nc(CN(C)C(=O)C(C)C)cs2)c1C. The van der Waals surface area contributed by atoms with Gasteiger partial charge in [0.2, 0.25) is 5.91 Å². The summed E-state index contributed by atoms with van der Waals surface area (Å²) >= 11 is 1.57. The first-order valence-electron chi connectivity index (χ1n) is 7.75. The second-order valence-electron chi connectivity index (χ2n) is 6.07. The third-order valence-electron chi connectivity index (χ3n) is 3.77. The molecule has 23 heavy (non-hydrogen) atoms. The number of carbonyl (C=O) groups is 1. The van der Waals surface area contributed by atoms with Crippen LogP contribution in [0.4, 0.5) is 0 Å². The van der Waals surface area contributed by atoms with Crippen LogP contribution in [-0.4, -0.2) is 22.8 Å². The molecule has 0 fully saturated rings. The molecule has 5 heteroatoms. The minimum atomic E-state index is 0.00531. The Hall–Kier alpha value is -1.88. The number of benzene rings is 1. The predicted octanol–water partition coefficient (Wildman–Crippen LogP) is 3.95. The number of nitrogens with zero attached hydrogens (tertiary/aromatic N) is 2. The Bertz CT molecular complexity index is 679. The molecule has 2 rings (SSSR count). The first-order valence-corrected chi connectivity index (χ1v) is 8.63. The molecule has 0 saturated carbocycles. The van der Waals surface area contributed by atoms with Crippen molar-refractivity contribution < 1.29 is 9.53 Å². The molecule has 0 spiro atoms. The molecule has 0 unspecified atom stereocenters. The van der Waals surface area contributed by atoms with Crippen molar-refractivity contribution in [3.05, 3.63) is 45.4 Å². The van der Waals surface area contributed by atoms with Gasteiger partial charge in [-0.25, -0.2) is 4.98 Å². The molecule has 2 aromatic rings. The molecular weight excluding hydrogens is 308 g/mol. The van der Waals surface area contributed by atoms with Gasteiger partial charge in [-0.05, 0) is 31.0 Å². The molecule has 0 N–H and O–H groups in total. The Balaban J connectivity index is 1.95. The van der Waals surface area contributed by atoms with Crippen molar-refractivity contribution in [2.45, 2.75) is 40.8 Å². The minimum Gasteiger partial charge on any atom is -0.486 e. The van der Waals surface area contributed by atoms with Crippen LogP contribution in [0, 0.1) is 19.8 Å². The topological polar surface area (TPSA) is 42.4 Å². The number of hydrogen-bond acceptors (Lipinski definition) is 4. The van der Waals surface area contributed by atoms with Crippen LogP contribution < -0.4 is 4.74 Å². The second kappa shape index (κ2) is 7.59. The summed E-state index contributed by atoms with van der Waals surface area (Å²) in [5.74, 6) is 1.03. The Morgan fingerprint density at radius 1 is 1.35 bits per heavy atom. The van der Waals surface area contributed by atoms with E-state index in [-0.39, 0.29) is 11.8 Å². The number of aromatic nitrogens is 1. The van der Waals surface area contributed by atoms with E-state index in [2.05, 4.69) is 24.9 Å². The van der Waals surface area contributed by atoms with Crippen molar-refractivity contribution in [3.63, 3.8) is 0 Å². The van der Waals surface area contributed by atoms with Crippen LogP contribution in [0.3, 0.4) is 0 Å². The highest BCUT2D eigenvalue weighted by atomic mass is 32.1. The lowest BCUT2D eigenvalue weighted by molar-refractivity contribution is -0.133. The van der Waals surface area contributed by atoms with Crippen molar-refractivity contribution in [1.82, 2.24) is 9.88 Å². The molecule has 0 saturated heterocycles. The maximum atomic E-state index is 11.9. The summed E-state index contributed by atoms with van der Waals surface area (Å²) in [7, 11) is 1.81. The van der Waals surface area contributed by atoms with Gasteiger partial charge in [0.15, 0.2) is 0 Å². The fourth-order valence-electron chi connectivity index (χ4n) is 2.27. The van der Waals surface area contributed by atoms with Gasteiger partial charge in [0, 0.05) is 18.3 Å². The van der Waals surface area contributed by atoms with Crippen LogP contribution in [0.1, 0.15) is 35.7 Å². The molecule has 1 amide bonds. The average molecular weight is 332 g/mol. The molecule has 1 aromatic carbocycles. The zero-order chi connectivity index (χ0) is 17.0. The van der Waals surface area contributed by atoms with Crippen molar-refractivity contribution in [3.8, 4) is 5.75 Å². The van der Waals surface area contributed by atoms with E-state index in [9.17, 15) is 4.79 Å². The lowest BCUT2D eigenvalue weighted by Crippen LogP contribution is -2.30. The summed E-state index contributed by atoms with van der Waals surface area (Å²) in [6, 6.07) is 6.05. The van der Waals surface area contributed by atoms with Gasteiger partial charge in [0.05, 0.1) is 12.2 Å². The van der Waals surface area contributed by atoms with Crippen molar-refractivity contribution in [2.75, 3.05) is 7.05 Å². The summed E-state index contributed by atoms with van der Waals surface area (Å²) < 4.78 is 5.88. The highest BCUT2D eigenvalue weighted by Crippen LogP contribution is 2.22. The molecule has 0 aliphatic carbocycles. The van der Waals surface area contributed by atoms with Crippen molar-refractivity contribution in [1.29, 1.82) is 0 Å². The van der Waals surface area contributed by atoms with Crippen LogP contribution in [0.25, 0.3) is 0 Å². The molecule has 0 aliphatic rings. The van der Waals surface area contributed by atoms with Gasteiger partial charge in [0.1, 0.15) is 17.4 Å². The number of thiazole rings is 1. The standard InChI is InChI=1S/C18H24N2O2S/c1-12(2)18(21)20(5)9-15-11-23-17(19-15)10-22-16-8-6-7-13(3)14(16)4/h6-8,11-12H,9-10H2,1-5H3. The van der Waals surface area contributed by atoms with Gasteiger partial charge in [-0.3, -0.25) is 4.79 Å². The van der Waals surface area contributed by atoms with E-state index in [4.69, 9.17) is 4.74 Å². The van der Waals surface area contributed by atoms with Gasteiger partial charge in [0.25, 0.3) is 0 Å². The van der Waals surface area contributed by atoms with Gasteiger partial charge in [-0.2, -0.15) is 0 Å². The van der Waals surface area contributed by atoms with Crippen LogP contribution in [0.15, 0.2) is 23.6 Å². The second-order valence-corrected chi connectivity index (χ2v) is 7.01. The highest BCUT2D eigenvalue weighted by molar-refractivity contribution is 7.09. The minimum absolute atomic E-state index is 0.00531. The van der Waals surface area contributed by atoms with Crippen LogP contribution in [0.5, 0.6) is 5.75 Å². The number of aryl methyl sites for hydroxylation is 1. The largest absolute Gasteiger partial charge is 0.486 e. The smallest absolute Gasteiger partial charge is 0.225 e. The van der Waals surface area contributed by atoms with Crippen LogP contribution >= 0.6 is 11.3 Å². The monoisotopic (exact) mass is 332 g/mol. The Kier molecular flexibility index (Phi) is 5.77. The van der Waals surface area contributed by atoms with Gasteiger partial charge in [-0.1, -0.05) is 26.0 Å². The van der Waals surface area contributed by atoms with Crippen molar-refractivity contribution >= 4 is 17.2 Å². The van der Waals surface area contributed by atoms with E-state index in [0.29, 0.717) is 13.2 Å². The number of carbonyl (C=O) groups excluding carboxylic acids is 1. The molecule has 0 aliphatic heterocycles. The molecule has 0 radical (unpaired) electrons. The first kappa shape index (κ1) is 17.5. The van der Waals surface area contributed by atoms with Gasteiger partial charge < -0.3 is 9.64 Å². The average Bonchev–Trinajstić information content (AvgIpc) is 2.95. The molecule has 1 aromatic heterocycles. The molecule has 4 nitrogen and oxygen atoms in total. The summed E-state index contributed by atoms with van der Waals surface area (Å²) in [6.07, 6.45) is 0. The van der Waals surface area contributed by atoms with Crippen LogP contribution in [-0.2, 0) is 17.9 Å². The summed E-state index contributed by atoms with van der Waals surface area (Å²) in [5, 5.41) is 2.91. The molecule has 0 atom stereocenters. The Labute approximate surface area is 142 Å². The first-order chi connectivity index (χ1) is 10.9. The zero-order valence-electron chi connectivity index (χ0n) is 14.4. The quantitative estimate of drug-likeness (QED) is 0.804. The van der Waals surface area contributed by atoms with E-state index < -0.39 is 0 Å². The highest BCUT2D eigenvalue weighted by Gasteiger charge is 2.14. The number of rotatable bonds is 6. The fraction of sp³-hybridized carbons (Fsp3) is 0.444. The lowest BCUT2D eigenvalue weighted by Gasteiger charge is -2.17. The van der Waals surface area contributed by atoms with Gasteiger partial charge >= 0.3 is 0 Å². The summed E-state index contributed by atoms with van der Waals surface area (Å²) in [6.45, 7) is 8.94. The molecule has 0 bridgehead atoms. The van der Waals surface area contributed by atoms with Crippen LogP contribution in [0.2, 0.25) is 0 Å². The van der Waals surface area contributed by atoms with Gasteiger partial charge in [-0.15, -0.1) is 11.3 Å². The number of hydrogen-bond donors (Lipinski definition) is 0. The number of ether oxygens (including phenoxy) is 1. The zero-order valence-corrected chi connectivity index (χ0v) is 15.2. The van der Waals surface area contributed by atoms with Crippen molar-refractivity contribution in [2.24, 2.45) is 5.92 Å². The maximum absolute atomic E-state index is 11.9. The normalized spacial score (nSPS) is 10.9. The maximum Gasteiger partial charge on any atom is 0.225 e. The van der Waals surface area contributed by atoms with E-state index in [0.717, 1.165) is 22.0 Å². The van der Waals surface area contributed by atoms with E-state index in [1.165, 1.54) is 5.56 Å². The number of amides is 1. The predicted molar refractivity (Wildman–Crippen MR) is 93.7 cm³/mol. The third-order valence-corrected chi connectivity index (χ3v) is 4.65. The molecule has 1 heterocycles. The molecular formula is C18H24N2O2S. The fourth-order valence-corrected chi connectivity index (χ4v) is 2.97. The lowest BCUT2D eigenvalue weighted by atomic mass is 10.1. The summed E-state index contributed by atoms with van der Waals surface area (Å²) in [5.41, 5.74) is 3.29. The Morgan fingerprint density at radius 3 is 2.78 bits per heavy atom. The van der Waals surface area contributed by atoms with E-state index in [1.807, 2.05) is 38.4 Å². The summed E-state index contributed by atoms with van der Waals surface area (Å²) in [4.78, 5) is 18.2. The van der Waals surface area contributed by atoms with E-state index >= 15 is 0 Å².